The number of allylic oxidation sites excluding steroid dienone is 3. The Bertz CT molecular complexity index is 1240. The summed E-state index contributed by atoms with van der Waals surface area (Å²) < 4.78 is 0. The summed E-state index contributed by atoms with van der Waals surface area (Å²) in [5.74, 6) is 0. The van der Waals surface area contributed by atoms with Crippen molar-refractivity contribution >= 4 is 11.4 Å². The fourth-order valence-electron chi connectivity index (χ4n) is 5.36. The molecule has 0 fully saturated rings. The maximum absolute atomic E-state index is 4.64. The number of nitrogens with zero attached hydrogens (tertiary/aromatic N) is 3. The fraction of sp³-hybridized carbons (Fsp3) is 0.344. The first kappa shape index (κ1) is 24.8. The zero-order valence-electron chi connectivity index (χ0n) is 22.2. The lowest BCUT2D eigenvalue weighted by molar-refractivity contribution is 0.640. The Balaban J connectivity index is 0.00000141. The molecular weight excluding hydrogens is 426 g/mol. The van der Waals surface area contributed by atoms with Crippen molar-refractivity contribution in [1.29, 1.82) is 0 Å². The summed E-state index contributed by atoms with van der Waals surface area (Å²) in [5, 5.41) is 0. The summed E-state index contributed by atoms with van der Waals surface area (Å²) in [5.41, 5.74) is 13.4. The van der Waals surface area contributed by atoms with Gasteiger partial charge in [0.15, 0.2) is 0 Å². The summed E-state index contributed by atoms with van der Waals surface area (Å²) in [6.07, 6.45) is 7.96. The molecule has 2 aromatic carbocycles. The molecule has 2 aliphatic heterocycles. The first-order valence-corrected chi connectivity index (χ1v) is 12.9. The first-order valence-electron chi connectivity index (χ1n) is 12.9. The molecule has 1 unspecified atom stereocenters. The monoisotopic (exact) mass is 465 g/mol. The molecule has 0 radical (unpaired) electrons. The molecule has 0 N–H and O–H groups in total. The van der Waals surface area contributed by atoms with Gasteiger partial charge in [0.2, 0.25) is 0 Å². The van der Waals surface area contributed by atoms with Crippen LogP contribution in [0.4, 0.5) is 11.4 Å². The molecular formula is C32H39N3. The van der Waals surface area contributed by atoms with Crippen molar-refractivity contribution in [2.24, 2.45) is 0 Å². The quantitative estimate of drug-likeness (QED) is 0.361. The summed E-state index contributed by atoms with van der Waals surface area (Å²) in [6.45, 7) is 16.5. The molecule has 0 saturated carbocycles. The highest BCUT2D eigenvalue weighted by Gasteiger charge is 2.38. The zero-order chi connectivity index (χ0) is 25.1. The van der Waals surface area contributed by atoms with E-state index < -0.39 is 0 Å². The minimum atomic E-state index is 0.352. The maximum Gasteiger partial charge on any atom is 0.0649 e. The van der Waals surface area contributed by atoms with Crippen LogP contribution in [0.25, 0.3) is 11.1 Å². The highest BCUT2D eigenvalue weighted by Crippen LogP contribution is 2.52. The Morgan fingerprint density at radius 3 is 2.54 bits per heavy atom. The Morgan fingerprint density at radius 1 is 1.09 bits per heavy atom. The molecule has 5 rings (SSSR count). The van der Waals surface area contributed by atoms with Crippen molar-refractivity contribution in [2.45, 2.75) is 53.5 Å². The van der Waals surface area contributed by atoms with Gasteiger partial charge in [0.1, 0.15) is 0 Å². The van der Waals surface area contributed by atoms with Gasteiger partial charge in [-0.1, -0.05) is 68.0 Å². The Hall–Kier alpha value is -3.33. The molecule has 0 spiro atoms. The molecule has 3 heteroatoms. The normalized spacial score (nSPS) is 16.5. The number of likely N-dealkylation sites (N-methyl/N-ethyl adjacent to an activating group) is 1. The molecule has 3 heterocycles. The molecule has 2 aliphatic rings. The average molecular weight is 466 g/mol. The van der Waals surface area contributed by atoms with E-state index in [9.17, 15) is 0 Å². The third kappa shape index (κ3) is 4.77. The van der Waals surface area contributed by atoms with Crippen molar-refractivity contribution < 1.29 is 0 Å². The van der Waals surface area contributed by atoms with Crippen LogP contribution in [0.5, 0.6) is 0 Å². The molecule has 0 saturated heterocycles. The van der Waals surface area contributed by atoms with Crippen molar-refractivity contribution in [3.8, 4) is 11.1 Å². The molecule has 1 atom stereocenters. The second-order valence-electron chi connectivity index (χ2n) is 9.55. The van der Waals surface area contributed by atoms with Gasteiger partial charge in [-0.05, 0) is 73.2 Å². The Labute approximate surface area is 211 Å². The number of aromatic nitrogens is 1. The van der Waals surface area contributed by atoms with Gasteiger partial charge in [-0.15, -0.1) is 0 Å². The van der Waals surface area contributed by atoms with Gasteiger partial charge in [-0.3, -0.25) is 4.98 Å². The molecule has 3 nitrogen and oxygen atoms in total. The smallest absolute Gasteiger partial charge is 0.0649 e. The van der Waals surface area contributed by atoms with E-state index in [0.29, 0.717) is 6.04 Å². The van der Waals surface area contributed by atoms with Crippen LogP contribution >= 0.6 is 0 Å². The lowest BCUT2D eigenvalue weighted by atomic mass is 9.90. The minimum absolute atomic E-state index is 0.352. The maximum atomic E-state index is 4.64. The van der Waals surface area contributed by atoms with E-state index >= 15 is 0 Å². The Kier molecular flexibility index (Phi) is 7.45. The van der Waals surface area contributed by atoms with Crippen LogP contribution in [0.15, 0.2) is 73.0 Å². The van der Waals surface area contributed by atoms with E-state index in [1.165, 1.54) is 50.3 Å². The standard InChI is InChI=1S/C30H33N3.C2H6/c1-6-20(2)9-12-25-18-24(13-14-31-25)27-19-26-29(23-10-7-21(3)8-11-23)22(4)17-28-30(26)33(27)16-15-32(28)5;1-2/h6-11,13-14,17-18,27H,1,12,15-16,19H2,2-5H3;1-2H3/b20-9+;. The number of aryl methyl sites for hydroxylation is 2. The van der Waals surface area contributed by atoms with Crippen molar-refractivity contribution in [2.75, 3.05) is 29.9 Å². The van der Waals surface area contributed by atoms with Gasteiger partial charge in [0.25, 0.3) is 0 Å². The van der Waals surface area contributed by atoms with E-state index in [4.69, 9.17) is 0 Å². The van der Waals surface area contributed by atoms with Gasteiger partial charge in [-0.25, -0.2) is 0 Å². The SMILES string of the molecule is C=C/C(C)=C/Cc1cc(C2Cc3c(-c4ccc(C)cc4)c(C)cc4c3N2CCN4C)ccn1.CC. The van der Waals surface area contributed by atoms with Gasteiger partial charge >= 0.3 is 0 Å². The summed E-state index contributed by atoms with van der Waals surface area (Å²) in [7, 11) is 2.23. The largest absolute Gasteiger partial charge is 0.371 e. The number of anilines is 2. The minimum Gasteiger partial charge on any atom is -0.371 e. The molecule has 0 amide bonds. The average Bonchev–Trinajstić information content (AvgIpc) is 3.27. The molecule has 1 aromatic heterocycles. The second kappa shape index (κ2) is 10.5. The second-order valence-corrected chi connectivity index (χ2v) is 9.55. The number of benzene rings is 2. The van der Waals surface area contributed by atoms with Gasteiger partial charge in [-0.2, -0.15) is 0 Å². The van der Waals surface area contributed by atoms with Gasteiger partial charge < -0.3 is 9.80 Å². The summed E-state index contributed by atoms with van der Waals surface area (Å²) in [6, 6.07) is 16.3. The number of hydrogen-bond acceptors (Lipinski definition) is 3. The topological polar surface area (TPSA) is 19.4 Å². The molecule has 35 heavy (non-hydrogen) atoms. The third-order valence-electron chi connectivity index (χ3n) is 7.25. The van der Waals surface area contributed by atoms with Gasteiger partial charge in [0.05, 0.1) is 17.4 Å². The molecule has 0 aliphatic carbocycles. The predicted molar refractivity (Wildman–Crippen MR) is 152 cm³/mol. The van der Waals surface area contributed by atoms with Crippen molar-refractivity contribution in [3.05, 3.63) is 101 Å². The van der Waals surface area contributed by atoms with Crippen LogP contribution < -0.4 is 9.80 Å². The van der Waals surface area contributed by atoms with Crippen LogP contribution in [0.3, 0.4) is 0 Å². The molecule has 0 bridgehead atoms. The number of hydrogen-bond donors (Lipinski definition) is 0. The van der Waals surface area contributed by atoms with E-state index in [1.54, 1.807) is 0 Å². The summed E-state index contributed by atoms with van der Waals surface area (Å²) >= 11 is 0. The highest BCUT2D eigenvalue weighted by molar-refractivity contribution is 5.89. The lowest BCUT2D eigenvalue weighted by Gasteiger charge is -2.38. The number of rotatable bonds is 5. The van der Waals surface area contributed by atoms with E-state index in [2.05, 4.69) is 97.7 Å². The predicted octanol–water partition coefficient (Wildman–Crippen LogP) is 7.62. The van der Waals surface area contributed by atoms with Crippen LogP contribution in [0.2, 0.25) is 0 Å². The van der Waals surface area contributed by atoms with E-state index in [0.717, 1.165) is 31.6 Å². The first-order chi connectivity index (χ1) is 17.0. The zero-order valence-corrected chi connectivity index (χ0v) is 22.2. The van der Waals surface area contributed by atoms with Crippen LogP contribution in [0, 0.1) is 13.8 Å². The van der Waals surface area contributed by atoms with Crippen LogP contribution in [-0.2, 0) is 12.8 Å². The summed E-state index contributed by atoms with van der Waals surface area (Å²) in [4.78, 5) is 9.71. The lowest BCUT2D eigenvalue weighted by Crippen LogP contribution is -2.39. The third-order valence-corrected chi connectivity index (χ3v) is 7.25. The number of pyridine rings is 1. The highest BCUT2D eigenvalue weighted by atomic mass is 15.3. The molecule has 182 valence electrons. The van der Waals surface area contributed by atoms with Crippen molar-refractivity contribution in [1.82, 2.24) is 4.98 Å². The molecule has 3 aromatic rings. The van der Waals surface area contributed by atoms with Gasteiger partial charge in [0, 0.05) is 38.4 Å². The van der Waals surface area contributed by atoms with E-state index in [-0.39, 0.29) is 0 Å². The fourth-order valence-corrected chi connectivity index (χ4v) is 5.36. The van der Waals surface area contributed by atoms with E-state index in [1.807, 2.05) is 26.1 Å². The van der Waals surface area contributed by atoms with Crippen LogP contribution in [-0.4, -0.2) is 25.1 Å². The Morgan fingerprint density at radius 2 is 1.83 bits per heavy atom. The van der Waals surface area contributed by atoms with Crippen molar-refractivity contribution in [3.63, 3.8) is 0 Å². The van der Waals surface area contributed by atoms with Crippen LogP contribution in [0.1, 0.15) is 54.8 Å².